The summed E-state index contributed by atoms with van der Waals surface area (Å²) >= 11 is 0. The van der Waals surface area contributed by atoms with Gasteiger partial charge in [0.15, 0.2) is 0 Å². The molecule has 1 unspecified atom stereocenters. The molecule has 0 aliphatic carbocycles. The Hall–Kier alpha value is -4.06. The number of amides is 1. The van der Waals surface area contributed by atoms with Crippen LogP contribution in [0, 0.1) is 6.92 Å². The van der Waals surface area contributed by atoms with E-state index in [1.165, 1.54) is 17.0 Å². The number of nitrogens with zero attached hydrogens (tertiary/aromatic N) is 1. The lowest BCUT2D eigenvalue weighted by Gasteiger charge is -2.25. The summed E-state index contributed by atoms with van der Waals surface area (Å²) in [6.45, 7) is 4.41. The number of carbonyl (C=O) groups excluding carboxylic acids is 2. The highest BCUT2D eigenvalue weighted by Gasteiger charge is 2.47. The molecule has 0 bridgehead atoms. The van der Waals surface area contributed by atoms with Crippen LogP contribution < -0.4 is 9.64 Å². The van der Waals surface area contributed by atoms with E-state index in [1.54, 1.807) is 54.6 Å². The van der Waals surface area contributed by atoms with Crippen LogP contribution in [0.15, 0.2) is 78.4 Å². The van der Waals surface area contributed by atoms with Gasteiger partial charge < -0.3 is 14.9 Å². The Bertz CT molecular complexity index is 1250. The number of hydrogen-bond donors (Lipinski definition) is 2. The van der Waals surface area contributed by atoms with E-state index in [0.29, 0.717) is 29.2 Å². The van der Waals surface area contributed by atoms with E-state index < -0.39 is 17.7 Å². The molecule has 4 rings (SSSR count). The molecule has 0 saturated carbocycles. The molecule has 168 valence electrons. The molecule has 0 radical (unpaired) electrons. The lowest BCUT2D eigenvalue weighted by Crippen LogP contribution is -2.29. The third kappa shape index (κ3) is 4.32. The number of hydrogen-bond acceptors (Lipinski definition) is 5. The number of aryl methyl sites for hydroxylation is 1. The first-order valence-corrected chi connectivity index (χ1v) is 10.8. The SMILES string of the molecule is CCCOc1cccc(/C(O)=C2\C(=O)C(=O)N(c3cccc(C)c3)C2c2cccc(O)c2)c1. The average Bonchev–Trinajstić information content (AvgIpc) is 3.08. The van der Waals surface area contributed by atoms with Crippen LogP contribution in [-0.2, 0) is 9.59 Å². The molecule has 1 amide bonds. The number of rotatable bonds is 6. The highest BCUT2D eigenvalue weighted by Crippen LogP contribution is 2.43. The van der Waals surface area contributed by atoms with Gasteiger partial charge in [-0.3, -0.25) is 14.5 Å². The topological polar surface area (TPSA) is 87.1 Å². The second kappa shape index (κ2) is 9.20. The van der Waals surface area contributed by atoms with Crippen molar-refractivity contribution in [2.45, 2.75) is 26.3 Å². The van der Waals surface area contributed by atoms with E-state index in [-0.39, 0.29) is 17.1 Å². The van der Waals surface area contributed by atoms with Crippen molar-refractivity contribution in [3.63, 3.8) is 0 Å². The van der Waals surface area contributed by atoms with E-state index in [1.807, 2.05) is 19.9 Å². The average molecular weight is 443 g/mol. The largest absolute Gasteiger partial charge is 0.508 e. The quantitative estimate of drug-likeness (QED) is 0.314. The van der Waals surface area contributed by atoms with Crippen molar-refractivity contribution in [3.05, 3.63) is 95.1 Å². The molecular weight excluding hydrogens is 418 g/mol. The third-order valence-corrected chi connectivity index (χ3v) is 5.49. The molecule has 1 aliphatic rings. The van der Waals surface area contributed by atoms with Gasteiger partial charge >= 0.3 is 0 Å². The van der Waals surface area contributed by atoms with Crippen LogP contribution in [0.4, 0.5) is 5.69 Å². The number of anilines is 1. The van der Waals surface area contributed by atoms with Gasteiger partial charge in [-0.2, -0.15) is 0 Å². The number of aliphatic hydroxyl groups is 1. The first kappa shape index (κ1) is 22.1. The van der Waals surface area contributed by atoms with Gasteiger partial charge in [0.05, 0.1) is 18.2 Å². The maximum Gasteiger partial charge on any atom is 0.300 e. The maximum absolute atomic E-state index is 13.2. The Morgan fingerprint density at radius 2 is 1.76 bits per heavy atom. The fourth-order valence-electron chi connectivity index (χ4n) is 4.00. The molecule has 6 nitrogen and oxygen atoms in total. The zero-order valence-corrected chi connectivity index (χ0v) is 18.5. The predicted octanol–water partition coefficient (Wildman–Crippen LogP) is 5.12. The molecule has 1 aliphatic heterocycles. The first-order valence-electron chi connectivity index (χ1n) is 10.8. The molecule has 3 aromatic carbocycles. The van der Waals surface area contributed by atoms with Crippen molar-refractivity contribution in [3.8, 4) is 11.5 Å². The highest BCUT2D eigenvalue weighted by atomic mass is 16.5. The predicted molar refractivity (Wildman–Crippen MR) is 126 cm³/mol. The molecule has 6 heteroatoms. The molecule has 2 N–H and O–H groups in total. The van der Waals surface area contributed by atoms with Gasteiger partial charge in [-0.1, -0.05) is 43.3 Å². The van der Waals surface area contributed by atoms with Crippen molar-refractivity contribution in [2.75, 3.05) is 11.5 Å². The second-order valence-corrected chi connectivity index (χ2v) is 7.98. The van der Waals surface area contributed by atoms with E-state index in [4.69, 9.17) is 4.74 Å². The fraction of sp³-hybridized carbons (Fsp3) is 0.185. The zero-order valence-electron chi connectivity index (χ0n) is 18.5. The fourth-order valence-corrected chi connectivity index (χ4v) is 4.00. The Balaban J connectivity index is 1.90. The van der Waals surface area contributed by atoms with Crippen molar-refractivity contribution in [2.24, 2.45) is 0 Å². The summed E-state index contributed by atoms with van der Waals surface area (Å²) in [7, 11) is 0. The standard InChI is InChI=1S/C27H25NO5/c1-3-13-33-22-12-6-9-19(16-22)25(30)23-24(18-8-5-11-21(29)15-18)28(27(32)26(23)31)20-10-4-7-17(2)14-20/h4-12,14-16,24,29-30H,3,13H2,1-2H3/b25-23+. The van der Waals surface area contributed by atoms with E-state index in [0.717, 1.165) is 12.0 Å². The summed E-state index contributed by atoms with van der Waals surface area (Å²) in [5.41, 5.74) is 2.29. The van der Waals surface area contributed by atoms with Gasteiger partial charge in [0.1, 0.15) is 17.3 Å². The van der Waals surface area contributed by atoms with E-state index in [9.17, 15) is 19.8 Å². The number of aromatic hydroxyl groups is 1. The number of benzene rings is 3. The maximum atomic E-state index is 13.2. The lowest BCUT2D eigenvalue weighted by atomic mass is 9.95. The minimum atomic E-state index is -0.904. The minimum absolute atomic E-state index is 0.00251. The summed E-state index contributed by atoms with van der Waals surface area (Å²) in [6, 6.07) is 19.5. The van der Waals surface area contributed by atoms with Gasteiger partial charge in [0.25, 0.3) is 11.7 Å². The monoisotopic (exact) mass is 443 g/mol. The van der Waals surface area contributed by atoms with Crippen LogP contribution in [-0.4, -0.2) is 28.5 Å². The number of ketones is 1. The van der Waals surface area contributed by atoms with Crippen LogP contribution in [0.5, 0.6) is 11.5 Å². The molecule has 0 aromatic heterocycles. The van der Waals surface area contributed by atoms with Crippen molar-refractivity contribution >= 4 is 23.1 Å². The molecule has 1 heterocycles. The summed E-state index contributed by atoms with van der Waals surface area (Å²) in [6.07, 6.45) is 0.829. The second-order valence-electron chi connectivity index (χ2n) is 7.98. The number of phenols is 1. The molecule has 33 heavy (non-hydrogen) atoms. The number of aliphatic hydroxyl groups excluding tert-OH is 1. The van der Waals surface area contributed by atoms with E-state index >= 15 is 0 Å². The van der Waals surface area contributed by atoms with E-state index in [2.05, 4.69) is 0 Å². The molecule has 1 atom stereocenters. The summed E-state index contributed by atoms with van der Waals surface area (Å²) in [4.78, 5) is 27.8. The van der Waals surface area contributed by atoms with Gasteiger partial charge in [0, 0.05) is 11.3 Å². The molecule has 0 spiro atoms. The summed E-state index contributed by atoms with van der Waals surface area (Å²) in [5, 5.41) is 21.3. The zero-order chi connectivity index (χ0) is 23.5. The van der Waals surface area contributed by atoms with Gasteiger partial charge in [-0.05, 0) is 60.9 Å². The van der Waals surface area contributed by atoms with Crippen molar-refractivity contribution in [1.82, 2.24) is 0 Å². The van der Waals surface area contributed by atoms with Gasteiger partial charge in [-0.15, -0.1) is 0 Å². The van der Waals surface area contributed by atoms with Gasteiger partial charge in [0.2, 0.25) is 0 Å². The Kier molecular flexibility index (Phi) is 6.18. The van der Waals surface area contributed by atoms with Crippen LogP contribution >= 0.6 is 0 Å². The molecular formula is C27H25NO5. The number of phenolic OH excluding ortho intramolecular Hbond substituents is 1. The lowest BCUT2D eigenvalue weighted by molar-refractivity contribution is -0.132. The van der Waals surface area contributed by atoms with Crippen LogP contribution in [0.2, 0.25) is 0 Å². The molecule has 3 aromatic rings. The van der Waals surface area contributed by atoms with Crippen LogP contribution in [0.25, 0.3) is 5.76 Å². The number of ether oxygens (including phenoxy) is 1. The Morgan fingerprint density at radius 3 is 2.48 bits per heavy atom. The number of Topliss-reactive ketones (excluding diaryl/α,β-unsaturated/α-hetero) is 1. The Labute approximate surface area is 192 Å². The summed E-state index contributed by atoms with van der Waals surface area (Å²) < 4.78 is 5.66. The van der Waals surface area contributed by atoms with Crippen molar-refractivity contribution < 1.29 is 24.5 Å². The smallest absolute Gasteiger partial charge is 0.300 e. The normalized spacial score (nSPS) is 17.4. The third-order valence-electron chi connectivity index (χ3n) is 5.49. The van der Waals surface area contributed by atoms with Crippen LogP contribution in [0.3, 0.4) is 0 Å². The van der Waals surface area contributed by atoms with Gasteiger partial charge in [-0.25, -0.2) is 0 Å². The minimum Gasteiger partial charge on any atom is -0.508 e. The Morgan fingerprint density at radius 1 is 1.00 bits per heavy atom. The van der Waals surface area contributed by atoms with Crippen molar-refractivity contribution in [1.29, 1.82) is 0 Å². The molecule has 1 saturated heterocycles. The summed E-state index contributed by atoms with van der Waals surface area (Å²) in [5.74, 6) is -1.27. The molecule has 1 fully saturated rings. The highest BCUT2D eigenvalue weighted by molar-refractivity contribution is 6.51. The first-order chi connectivity index (χ1) is 15.9. The number of carbonyl (C=O) groups is 2. The van der Waals surface area contributed by atoms with Crippen LogP contribution in [0.1, 0.15) is 36.1 Å².